The van der Waals surface area contributed by atoms with E-state index in [1.54, 1.807) is 16.6 Å². The summed E-state index contributed by atoms with van der Waals surface area (Å²) in [5, 5.41) is 22.6. The van der Waals surface area contributed by atoms with Crippen LogP contribution in [0.25, 0.3) is 16.9 Å². The lowest BCUT2D eigenvalue weighted by Gasteiger charge is -2.05. The number of hydrogen-bond donors (Lipinski definition) is 2. The van der Waals surface area contributed by atoms with Crippen molar-refractivity contribution in [1.29, 1.82) is 0 Å². The quantitative estimate of drug-likeness (QED) is 0.448. The van der Waals surface area contributed by atoms with Crippen molar-refractivity contribution in [2.24, 2.45) is 0 Å². The van der Waals surface area contributed by atoms with Gasteiger partial charge in [-0.3, -0.25) is 0 Å². The van der Waals surface area contributed by atoms with Gasteiger partial charge in [0.15, 0.2) is 11.5 Å². The summed E-state index contributed by atoms with van der Waals surface area (Å²) in [6.45, 7) is 0. The van der Waals surface area contributed by atoms with Crippen molar-refractivity contribution in [3.05, 3.63) is 72.1 Å². The summed E-state index contributed by atoms with van der Waals surface area (Å²) >= 11 is 0. The number of benzene rings is 2. The fourth-order valence-electron chi connectivity index (χ4n) is 2.60. The van der Waals surface area contributed by atoms with Gasteiger partial charge in [-0.25, -0.2) is 0 Å². The van der Waals surface area contributed by atoms with Crippen LogP contribution in [0.3, 0.4) is 0 Å². The van der Waals surface area contributed by atoms with Crippen molar-refractivity contribution in [3.8, 4) is 17.0 Å². The molecule has 0 aliphatic carbocycles. The van der Waals surface area contributed by atoms with Crippen LogP contribution in [-0.2, 0) is 6.42 Å². The third kappa shape index (κ3) is 2.54. The van der Waals surface area contributed by atoms with Gasteiger partial charge >= 0.3 is 0 Å². The predicted molar refractivity (Wildman–Crippen MR) is 91.5 cm³/mol. The molecule has 0 spiro atoms. The topological polar surface area (TPSA) is 89.3 Å². The van der Waals surface area contributed by atoms with E-state index in [0.29, 0.717) is 23.6 Å². The molecule has 0 saturated carbocycles. The van der Waals surface area contributed by atoms with Crippen molar-refractivity contribution < 1.29 is 5.11 Å². The summed E-state index contributed by atoms with van der Waals surface area (Å²) in [7, 11) is 0. The zero-order valence-corrected chi connectivity index (χ0v) is 12.8. The van der Waals surface area contributed by atoms with E-state index in [0.717, 1.165) is 16.8 Å². The first-order valence-corrected chi connectivity index (χ1v) is 7.55. The lowest BCUT2D eigenvalue weighted by atomic mass is 10.1. The van der Waals surface area contributed by atoms with Crippen LogP contribution in [0.1, 0.15) is 11.4 Å². The lowest BCUT2D eigenvalue weighted by Crippen LogP contribution is -2.02. The molecule has 0 radical (unpaired) electrons. The highest BCUT2D eigenvalue weighted by Crippen LogP contribution is 2.22. The molecule has 3 N–H and O–H groups in total. The van der Waals surface area contributed by atoms with Crippen LogP contribution in [0.2, 0.25) is 0 Å². The SMILES string of the molecule is Nc1cc(Cc2nnc3ccc(-c4ccccc4)nn23)ccc1O. The third-order valence-electron chi connectivity index (χ3n) is 3.85. The number of nitrogens with zero attached hydrogens (tertiary/aromatic N) is 4. The maximum Gasteiger partial charge on any atom is 0.177 e. The van der Waals surface area contributed by atoms with Gasteiger partial charge in [-0.05, 0) is 29.8 Å². The number of fused-ring (bicyclic) bond motifs is 1. The molecule has 0 unspecified atom stereocenters. The van der Waals surface area contributed by atoms with Crippen molar-refractivity contribution in [3.63, 3.8) is 0 Å². The summed E-state index contributed by atoms with van der Waals surface area (Å²) in [6.07, 6.45) is 0.525. The van der Waals surface area contributed by atoms with Crippen LogP contribution < -0.4 is 5.73 Å². The number of phenols is 1. The van der Waals surface area contributed by atoms with Gasteiger partial charge in [-0.2, -0.15) is 9.61 Å². The molecule has 6 nitrogen and oxygen atoms in total. The first-order chi connectivity index (χ1) is 11.7. The Bertz CT molecular complexity index is 1010. The molecule has 4 aromatic rings. The third-order valence-corrected chi connectivity index (χ3v) is 3.85. The van der Waals surface area contributed by atoms with E-state index in [1.807, 2.05) is 48.5 Å². The fraction of sp³-hybridized carbons (Fsp3) is 0.0556. The zero-order chi connectivity index (χ0) is 16.5. The number of hydrogen-bond acceptors (Lipinski definition) is 5. The molecular weight excluding hydrogens is 302 g/mol. The number of nitrogen functional groups attached to an aromatic ring is 1. The largest absolute Gasteiger partial charge is 0.506 e. The molecular formula is C18H15N5O. The van der Waals surface area contributed by atoms with Crippen LogP contribution in [0.5, 0.6) is 5.75 Å². The Labute approximate surface area is 138 Å². The van der Waals surface area contributed by atoms with Gasteiger partial charge < -0.3 is 10.8 Å². The molecule has 0 aliphatic rings. The molecule has 0 amide bonds. The van der Waals surface area contributed by atoms with E-state index < -0.39 is 0 Å². The summed E-state index contributed by atoms with van der Waals surface area (Å²) in [5.41, 5.74) is 9.62. The van der Waals surface area contributed by atoms with E-state index in [2.05, 4.69) is 15.3 Å². The molecule has 4 rings (SSSR count). The Morgan fingerprint density at radius 3 is 2.58 bits per heavy atom. The van der Waals surface area contributed by atoms with Gasteiger partial charge in [-0.15, -0.1) is 10.2 Å². The van der Waals surface area contributed by atoms with Gasteiger partial charge in [0.05, 0.1) is 11.4 Å². The first-order valence-electron chi connectivity index (χ1n) is 7.55. The maximum atomic E-state index is 9.53. The summed E-state index contributed by atoms with van der Waals surface area (Å²) in [4.78, 5) is 0. The second-order valence-electron chi connectivity index (χ2n) is 5.54. The Kier molecular flexibility index (Phi) is 3.35. The van der Waals surface area contributed by atoms with E-state index in [1.165, 1.54) is 0 Å². The van der Waals surface area contributed by atoms with Crippen molar-refractivity contribution in [2.45, 2.75) is 6.42 Å². The number of aromatic hydroxyl groups is 1. The van der Waals surface area contributed by atoms with Crippen LogP contribution >= 0.6 is 0 Å². The molecule has 0 bridgehead atoms. The average Bonchev–Trinajstić information content (AvgIpc) is 3.01. The highest BCUT2D eigenvalue weighted by atomic mass is 16.3. The Morgan fingerprint density at radius 2 is 1.79 bits per heavy atom. The lowest BCUT2D eigenvalue weighted by molar-refractivity contribution is 0.478. The molecule has 2 aromatic carbocycles. The maximum absolute atomic E-state index is 9.53. The molecule has 118 valence electrons. The normalized spacial score (nSPS) is 11.0. The van der Waals surface area contributed by atoms with Gasteiger partial charge in [0, 0.05) is 12.0 Å². The van der Waals surface area contributed by atoms with E-state index >= 15 is 0 Å². The standard InChI is InChI=1S/C18H15N5O/c19-14-10-12(6-8-16(14)24)11-18-21-20-17-9-7-15(22-23(17)18)13-4-2-1-3-5-13/h1-10,24H,11,19H2. The van der Waals surface area contributed by atoms with E-state index in [-0.39, 0.29) is 5.75 Å². The van der Waals surface area contributed by atoms with Gasteiger partial charge in [-0.1, -0.05) is 36.4 Å². The molecule has 2 aromatic heterocycles. The summed E-state index contributed by atoms with van der Waals surface area (Å²) < 4.78 is 1.74. The highest BCUT2D eigenvalue weighted by molar-refractivity contribution is 5.60. The summed E-state index contributed by atoms with van der Waals surface area (Å²) in [5.74, 6) is 0.794. The molecule has 0 atom stereocenters. The smallest absolute Gasteiger partial charge is 0.177 e. The fourth-order valence-corrected chi connectivity index (χ4v) is 2.60. The predicted octanol–water partition coefficient (Wildman–Crippen LogP) is 2.67. The van der Waals surface area contributed by atoms with Crippen LogP contribution in [0.15, 0.2) is 60.7 Å². The first kappa shape index (κ1) is 14.2. The van der Waals surface area contributed by atoms with Crippen LogP contribution in [-0.4, -0.2) is 24.9 Å². The molecule has 6 heteroatoms. The second kappa shape index (κ2) is 5.66. The highest BCUT2D eigenvalue weighted by Gasteiger charge is 2.10. The van der Waals surface area contributed by atoms with Gasteiger partial charge in [0.1, 0.15) is 5.75 Å². The Morgan fingerprint density at radius 1 is 0.958 bits per heavy atom. The molecule has 0 saturated heterocycles. The number of rotatable bonds is 3. The van der Waals surface area contributed by atoms with Crippen LogP contribution in [0.4, 0.5) is 5.69 Å². The van der Waals surface area contributed by atoms with E-state index in [9.17, 15) is 5.11 Å². The minimum absolute atomic E-state index is 0.0781. The number of aromatic nitrogens is 4. The van der Waals surface area contributed by atoms with Crippen molar-refractivity contribution in [2.75, 3.05) is 5.73 Å². The zero-order valence-electron chi connectivity index (χ0n) is 12.8. The molecule has 2 heterocycles. The summed E-state index contributed by atoms with van der Waals surface area (Å²) in [6, 6.07) is 18.9. The van der Waals surface area contributed by atoms with Crippen molar-refractivity contribution in [1.82, 2.24) is 19.8 Å². The molecule has 0 aliphatic heterocycles. The molecule has 0 fully saturated rings. The monoisotopic (exact) mass is 317 g/mol. The number of phenolic OH excluding ortho intramolecular Hbond substituents is 1. The minimum Gasteiger partial charge on any atom is -0.506 e. The van der Waals surface area contributed by atoms with E-state index in [4.69, 9.17) is 5.73 Å². The van der Waals surface area contributed by atoms with Gasteiger partial charge in [0.25, 0.3) is 0 Å². The number of nitrogens with two attached hydrogens (primary N) is 1. The van der Waals surface area contributed by atoms with Gasteiger partial charge in [0.2, 0.25) is 0 Å². The number of anilines is 1. The Hall–Kier alpha value is -3.41. The molecule has 24 heavy (non-hydrogen) atoms. The second-order valence-corrected chi connectivity index (χ2v) is 5.54. The minimum atomic E-state index is 0.0781. The average molecular weight is 317 g/mol. The van der Waals surface area contributed by atoms with Crippen LogP contribution in [0, 0.1) is 0 Å². The van der Waals surface area contributed by atoms with Crippen molar-refractivity contribution >= 4 is 11.3 Å². The Balaban J connectivity index is 1.74.